The zero-order chi connectivity index (χ0) is 19.9. The molecule has 0 saturated carbocycles. The van der Waals surface area contributed by atoms with Gasteiger partial charge in [-0.15, -0.1) is 0 Å². The number of urea groups is 1. The molecule has 3 rings (SSSR count). The van der Waals surface area contributed by atoms with Crippen molar-refractivity contribution < 1.29 is 23.9 Å². The minimum absolute atomic E-state index is 0.0718. The molecule has 0 unspecified atom stereocenters. The molecule has 144 valence electrons. The van der Waals surface area contributed by atoms with Crippen LogP contribution in [0.3, 0.4) is 0 Å². The fourth-order valence-corrected chi connectivity index (χ4v) is 3.38. The quantitative estimate of drug-likeness (QED) is 0.547. The van der Waals surface area contributed by atoms with E-state index in [1.807, 2.05) is 6.92 Å². The number of imide groups is 1. The van der Waals surface area contributed by atoms with Crippen LogP contribution in [0.25, 0.3) is 0 Å². The van der Waals surface area contributed by atoms with Crippen LogP contribution in [0.2, 0.25) is 0 Å². The van der Waals surface area contributed by atoms with Crippen molar-refractivity contribution in [1.82, 2.24) is 15.6 Å². The molecule has 9 heteroatoms. The molecule has 0 radical (unpaired) electrons. The SMILES string of the molecule is C[C@@H]1C/C(=N\NC(=O)CCN2C(=O)NC(C)(C)C2=O)c2c(O)ccc(F)c21. The highest BCUT2D eigenvalue weighted by Gasteiger charge is 2.44. The maximum Gasteiger partial charge on any atom is 0.325 e. The molecule has 1 aliphatic carbocycles. The number of halogens is 1. The fraction of sp³-hybridized carbons (Fsp3) is 0.444. The second-order valence-electron chi connectivity index (χ2n) is 7.32. The molecule has 0 aromatic heterocycles. The summed E-state index contributed by atoms with van der Waals surface area (Å²) in [5, 5.41) is 16.6. The van der Waals surface area contributed by atoms with Crippen LogP contribution in [0.5, 0.6) is 5.75 Å². The number of hydrazone groups is 1. The second-order valence-corrected chi connectivity index (χ2v) is 7.32. The third kappa shape index (κ3) is 3.36. The highest BCUT2D eigenvalue weighted by Crippen LogP contribution is 2.39. The van der Waals surface area contributed by atoms with Gasteiger partial charge in [0.25, 0.3) is 5.91 Å². The number of hydrogen-bond donors (Lipinski definition) is 3. The smallest absolute Gasteiger partial charge is 0.325 e. The summed E-state index contributed by atoms with van der Waals surface area (Å²) >= 11 is 0. The van der Waals surface area contributed by atoms with E-state index in [4.69, 9.17) is 0 Å². The Kier molecular flexibility index (Phi) is 4.63. The van der Waals surface area contributed by atoms with Crippen molar-refractivity contribution in [2.45, 2.75) is 45.1 Å². The minimum Gasteiger partial charge on any atom is -0.507 e. The molecule has 4 amide bonds. The lowest BCUT2D eigenvalue weighted by Gasteiger charge is -2.15. The van der Waals surface area contributed by atoms with Crippen molar-refractivity contribution in [2.24, 2.45) is 5.10 Å². The van der Waals surface area contributed by atoms with Gasteiger partial charge in [-0.25, -0.2) is 14.6 Å². The van der Waals surface area contributed by atoms with E-state index in [2.05, 4.69) is 15.8 Å². The first-order valence-electron chi connectivity index (χ1n) is 8.63. The number of benzene rings is 1. The van der Waals surface area contributed by atoms with Gasteiger partial charge in [-0.3, -0.25) is 14.5 Å². The predicted molar refractivity (Wildman–Crippen MR) is 94.7 cm³/mol. The Bertz CT molecular complexity index is 865. The summed E-state index contributed by atoms with van der Waals surface area (Å²) in [6, 6.07) is 1.91. The number of carbonyl (C=O) groups excluding carboxylic acids is 3. The zero-order valence-electron chi connectivity index (χ0n) is 15.3. The van der Waals surface area contributed by atoms with Crippen LogP contribution < -0.4 is 10.7 Å². The van der Waals surface area contributed by atoms with Crippen molar-refractivity contribution in [3.63, 3.8) is 0 Å². The van der Waals surface area contributed by atoms with E-state index in [0.29, 0.717) is 23.3 Å². The van der Waals surface area contributed by atoms with Gasteiger partial charge < -0.3 is 10.4 Å². The standard InChI is InChI=1S/C18H21FN4O4/c1-9-8-11(15-12(24)5-4-10(19)14(9)15)21-22-13(25)6-7-23-16(26)18(2,3)20-17(23)27/h4-5,9,24H,6-8H2,1-3H3,(H,20,27)(H,22,25)/b21-11+/t9-/m1/s1. The Morgan fingerprint density at radius 2 is 2.15 bits per heavy atom. The number of carbonyl (C=O) groups is 3. The first-order chi connectivity index (χ1) is 12.6. The average Bonchev–Trinajstić information content (AvgIpc) is 3.02. The summed E-state index contributed by atoms with van der Waals surface area (Å²) in [7, 11) is 0. The average molecular weight is 376 g/mol. The van der Waals surface area contributed by atoms with Crippen LogP contribution in [0.1, 0.15) is 50.7 Å². The lowest BCUT2D eigenvalue weighted by molar-refractivity contribution is -0.130. The molecule has 1 heterocycles. The van der Waals surface area contributed by atoms with Crippen LogP contribution in [-0.2, 0) is 9.59 Å². The van der Waals surface area contributed by atoms with E-state index in [9.17, 15) is 23.9 Å². The number of rotatable bonds is 4. The Hall–Kier alpha value is -2.97. The molecule has 1 saturated heterocycles. The summed E-state index contributed by atoms with van der Waals surface area (Å²) < 4.78 is 14.0. The molecule has 1 aliphatic heterocycles. The zero-order valence-corrected chi connectivity index (χ0v) is 15.3. The molecule has 3 N–H and O–H groups in total. The molecule has 1 atom stereocenters. The Labute approximate surface area is 155 Å². The van der Waals surface area contributed by atoms with Gasteiger partial charge in [0.15, 0.2) is 0 Å². The van der Waals surface area contributed by atoms with Gasteiger partial charge in [0, 0.05) is 24.1 Å². The molecular formula is C18H21FN4O4. The summed E-state index contributed by atoms with van der Waals surface area (Å²) in [6.45, 7) is 4.91. The molecular weight excluding hydrogens is 355 g/mol. The molecule has 2 aliphatic rings. The first-order valence-corrected chi connectivity index (χ1v) is 8.63. The van der Waals surface area contributed by atoms with Gasteiger partial charge in [-0.2, -0.15) is 5.10 Å². The van der Waals surface area contributed by atoms with E-state index in [1.54, 1.807) is 13.8 Å². The van der Waals surface area contributed by atoms with E-state index in [0.717, 1.165) is 4.90 Å². The van der Waals surface area contributed by atoms with E-state index in [-0.39, 0.29) is 24.6 Å². The minimum atomic E-state index is -0.987. The number of amides is 4. The predicted octanol–water partition coefficient (Wildman–Crippen LogP) is 1.58. The summed E-state index contributed by atoms with van der Waals surface area (Å²) in [4.78, 5) is 36.9. The first kappa shape index (κ1) is 18.8. The number of phenols is 1. The third-order valence-electron chi connectivity index (χ3n) is 4.77. The molecule has 1 aromatic rings. The normalized spacial score (nSPS) is 22.1. The van der Waals surface area contributed by atoms with E-state index < -0.39 is 29.2 Å². The van der Waals surface area contributed by atoms with Crippen LogP contribution in [-0.4, -0.2) is 45.6 Å². The van der Waals surface area contributed by atoms with Gasteiger partial charge in [-0.1, -0.05) is 6.92 Å². The highest BCUT2D eigenvalue weighted by molar-refractivity contribution is 6.08. The molecule has 1 aromatic carbocycles. The van der Waals surface area contributed by atoms with Crippen LogP contribution in [0.15, 0.2) is 17.2 Å². The van der Waals surface area contributed by atoms with Gasteiger partial charge in [0.1, 0.15) is 17.1 Å². The summed E-state index contributed by atoms with van der Waals surface area (Å²) in [6.07, 6.45) is 0.259. The van der Waals surface area contributed by atoms with Gasteiger partial charge in [0.05, 0.1) is 5.71 Å². The highest BCUT2D eigenvalue weighted by atomic mass is 19.1. The lowest BCUT2D eigenvalue weighted by Crippen LogP contribution is -2.40. The van der Waals surface area contributed by atoms with Crippen molar-refractivity contribution in [2.75, 3.05) is 6.54 Å². The van der Waals surface area contributed by atoms with Crippen LogP contribution in [0.4, 0.5) is 9.18 Å². The van der Waals surface area contributed by atoms with Gasteiger partial charge >= 0.3 is 6.03 Å². The number of nitrogens with one attached hydrogen (secondary N) is 2. The molecule has 27 heavy (non-hydrogen) atoms. The lowest BCUT2D eigenvalue weighted by atomic mass is 10.0. The third-order valence-corrected chi connectivity index (χ3v) is 4.77. The molecule has 0 spiro atoms. The second kappa shape index (κ2) is 6.64. The van der Waals surface area contributed by atoms with Crippen molar-refractivity contribution in [3.8, 4) is 5.75 Å². The number of nitrogens with zero attached hydrogens (tertiary/aromatic N) is 2. The van der Waals surface area contributed by atoms with Gasteiger partial charge in [-0.05, 0) is 38.3 Å². The fourth-order valence-electron chi connectivity index (χ4n) is 3.38. The largest absolute Gasteiger partial charge is 0.507 e. The van der Waals surface area contributed by atoms with Crippen molar-refractivity contribution >= 4 is 23.6 Å². The van der Waals surface area contributed by atoms with Crippen LogP contribution >= 0.6 is 0 Å². The van der Waals surface area contributed by atoms with E-state index in [1.165, 1.54) is 12.1 Å². The summed E-state index contributed by atoms with van der Waals surface area (Å²) in [5.41, 5.74) is 2.44. The molecule has 8 nitrogen and oxygen atoms in total. The summed E-state index contributed by atoms with van der Waals surface area (Å²) in [5.74, 6) is -1.58. The van der Waals surface area contributed by atoms with Crippen LogP contribution in [0, 0.1) is 5.82 Å². The molecule has 1 fully saturated rings. The maximum absolute atomic E-state index is 14.0. The maximum atomic E-state index is 14.0. The molecule has 0 bridgehead atoms. The Morgan fingerprint density at radius 1 is 1.44 bits per heavy atom. The Balaban J connectivity index is 1.65. The number of phenolic OH excluding ortho intramolecular Hbond substituents is 1. The number of aromatic hydroxyl groups is 1. The van der Waals surface area contributed by atoms with E-state index >= 15 is 0 Å². The van der Waals surface area contributed by atoms with Crippen molar-refractivity contribution in [3.05, 3.63) is 29.1 Å². The number of hydrogen-bond acceptors (Lipinski definition) is 5. The Morgan fingerprint density at radius 3 is 2.78 bits per heavy atom. The topological polar surface area (TPSA) is 111 Å². The number of fused-ring (bicyclic) bond motifs is 1. The van der Waals surface area contributed by atoms with Gasteiger partial charge in [0.2, 0.25) is 5.91 Å². The van der Waals surface area contributed by atoms with Crippen molar-refractivity contribution in [1.29, 1.82) is 0 Å². The monoisotopic (exact) mass is 376 g/mol.